The molecular formula is C19H14BCl2F4NO3. The van der Waals surface area contributed by atoms with Crippen molar-refractivity contribution in [2.45, 2.75) is 37.6 Å². The molecule has 1 atom stereocenters. The standard InChI is InChI=1S/C19H14BCl2F4NO3/c1-17(2)13-6-12(15(23)7-14(13)20(28)29-17)16-8-18(30-27-16,19(24,25)26)9-3-10(21)5-11(22)4-9/h3-7,28H,8H2,1-2H3. The van der Waals surface area contributed by atoms with Crippen LogP contribution < -0.4 is 5.46 Å². The minimum atomic E-state index is -4.89. The fraction of sp³-hybridized carbons (Fsp3) is 0.316. The molecule has 2 aromatic rings. The van der Waals surface area contributed by atoms with Gasteiger partial charge < -0.3 is 14.5 Å². The molecule has 0 saturated heterocycles. The third-order valence-corrected chi connectivity index (χ3v) is 5.72. The van der Waals surface area contributed by atoms with Crippen molar-refractivity contribution in [1.29, 1.82) is 0 Å². The zero-order valence-electron chi connectivity index (χ0n) is 15.6. The van der Waals surface area contributed by atoms with Gasteiger partial charge in [-0.3, -0.25) is 0 Å². The van der Waals surface area contributed by atoms with E-state index in [4.69, 9.17) is 32.7 Å². The quantitative estimate of drug-likeness (QED) is 0.522. The van der Waals surface area contributed by atoms with Crippen molar-refractivity contribution in [3.05, 3.63) is 62.9 Å². The Morgan fingerprint density at radius 3 is 2.33 bits per heavy atom. The molecule has 0 spiro atoms. The van der Waals surface area contributed by atoms with Crippen molar-refractivity contribution in [3.63, 3.8) is 0 Å². The number of rotatable bonds is 2. The van der Waals surface area contributed by atoms with Crippen LogP contribution in [-0.4, -0.2) is 24.0 Å². The largest absolute Gasteiger partial charge is 0.492 e. The number of alkyl halides is 3. The molecule has 0 fully saturated rings. The summed E-state index contributed by atoms with van der Waals surface area (Å²) in [5.74, 6) is -0.849. The number of nitrogens with zero attached hydrogens (tertiary/aromatic N) is 1. The summed E-state index contributed by atoms with van der Waals surface area (Å²) in [5, 5.41) is 13.5. The molecule has 4 rings (SSSR count). The van der Waals surface area contributed by atoms with Gasteiger partial charge in [0.2, 0.25) is 0 Å². The number of halogens is 6. The maximum absolute atomic E-state index is 14.8. The zero-order chi connectivity index (χ0) is 22.1. The fourth-order valence-electron chi connectivity index (χ4n) is 3.78. The minimum Gasteiger partial charge on any atom is -0.423 e. The maximum Gasteiger partial charge on any atom is 0.492 e. The minimum absolute atomic E-state index is 0.00484. The third-order valence-electron chi connectivity index (χ3n) is 5.29. The topological polar surface area (TPSA) is 51.0 Å². The SMILES string of the molecule is CC1(C)OB(O)c2cc(F)c(C3=NOC(c4cc(Cl)cc(Cl)c4)(C(F)(F)F)C3)cc21. The summed E-state index contributed by atoms with van der Waals surface area (Å²) < 4.78 is 62.5. The van der Waals surface area contributed by atoms with Gasteiger partial charge in [-0.2, -0.15) is 13.2 Å². The highest BCUT2D eigenvalue weighted by Crippen LogP contribution is 2.50. The lowest BCUT2D eigenvalue weighted by Crippen LogP contribution is -2.42. The van der Waals surface area contributed by atoms with E-state index in [0.29, 0.717) is 5.56 Å². The Bertz CT molecular complexity index is 1060. The zero-order valence-corrected chi connectivity index (χ0v) is 17.2. The van der Waals surface area contributed by atoms with E-state index in [1.165, 1.54) is 12.1 Å². The molecular weight excluding hydrogens is 448 g/mol. The van der Waals surface area contributed by atoms with Crippen LogP contribution in [0.5, 0.6) is 0 Å². The van der Waals surface area contributed by atoms with Crippen LogP contribution in [0.1, 0.15) is 37.0 Å². The van der Waals surface area contributed by atoms with Crippen LogP contribution in [0.4, 0.5) is 17.6 Å². The van der Waals surface area contributed by atoms with E-state index in [1.807, 2.05) is 0 Å². The van der Waals surface area contributed by atoms with Crippen molar-refractivity contribution in [3.8, 4) is 0 Å². The molecule has 0 saturated carbocycles. The lowest BCUT2D eigenvalue weighted by molar-refractivity contribution is -0.275. The summed E-state index contributed by atoms with van der Waals surface area (Å²) >= 11 is 11.8. The molecule has 2 aromatic carbocycles. The fourth-order valence-corrected chi connectivity index (χ4v) is 4.30. The molecule has 158 valence electrons. The smallest absolute Gasteiger partial charge is 0.423 e. The predicted octanol–water partition coefficient (Wildman–Crippen LogP) is 4.67. The van der Waals surface area contributed by atoms with E-state index in [2.05, 4.69) is 5.16 Å². The second-order valence-corrected chi connectivity index (χ2v) is 8.56. The summed E-state index contributed by atoms with van der Waals surface area (Å²) in [6.45, 7) is 3.31. The van der Waals surface area contributed by atoms with Gasteiger partial charge in [-0.15, -0.1) is 0 Å². The number of fused-ring (bicyclic) bond motifs is 1. The molecule has 4 nitrogen and oxygen atoms in total. The van der Waals surface area contributed by atoms with Crippen molar-refractivity contribution >= 4 is 41.5 Å². The Morgan fingerprint density at radius 2 is 1.73 bits per heavy atom. The monoisotopic (exact) mass is 461 g/mol. The molecule has 1 unspecified atom stereocenters. The Hall–Kier alpha value is -1.81. The molecule has 1 N–H and O–H groups in total. The predicted molar refractivity (Wildman–Crippen MR) is 105 cm³/mol. The Kier molecular flexibility index (Phi) is 4.89. The Morgan fingerprint density at radius 1 is 1.10 bits per heavy atom. The average Bonchev–Trinajstić information content (AvgIpc) is 3.14. The van der Waals surface area contributed by atoms with Crippen molar-refractivity contribution in [1.82, 2.24) is 0 Å². The number of hydrogen-bond acceptors (Lipinski definition) is 4. The highest BCUT2D eigenvalue weighted by atomic mass is 35.5. The van der Waals surface area contributed by atoms with Crippen LogP contribution in [0, 0.1) is 5.82 Å². The van der Waals surface area contributed by atoms with E-state index in [0.717, 1.165) is 18.2 Å². The summed E-state index contributed by atoms with van der Waals surface area (Å²) in [5.41, 5.74) is -3.91. The first-order valence-electron chi connectivity index (χ1n) is 8.82. The highest BCUT2D eigenvalue weighted by molar-refractivity contribution is 6.62. The highest BCUT2D eigenvalue weighted by Gasteiger charge is 2.62. The first-order chi connectivity index (χ1) is 13.8. The molecule has 2 aliphatic rings. The molecule has 30 heavy (non-hydrogen) atoms. The Labute approximate surface area is 179 Å². The van der Waals surface area contributed by atoms with Crippen LogP contribution in [0.3, 0.4) is 0 Å². The van der Waals surface area contributed by atoms with Crippen LogP contribution in [0.25, 0.3) is 0 Å². The van der Waals surface area contributed by atoms with Crippen LogP contribution in [0.15, 0.2) is 35.5 Å². The molecule has 0 bridgehead atoms. The number of benzene rings is 2. The second-order valence-electron chi connectivity index (χ2n) is 7.69. The van der Waals surface area contributed by atoms with Gasteiger partial charge in [-0.1, -0.05) is 28.4 Å². The lowest BCUT2D eigenvalue weighted by Gasteiger charge is -2.29. The van der Waals surface area contributed by atoms with E-state index < -0.39 is 36.7 Å². The molecule has 0 aromatic heterocycles. The van der Waals surface area contributed by atoms with E-state index in [9.17, 15) is 22.6 Å². The lowest BCUT2D eigenvalue weighted by atomic mass is 9.77. The van der Waals surface area contributed by atoms with Gasteiger partial charge in [0.15, 0.2) is 0 Å². The van der Waals surface area contributed by atoms with Gasteiger partial charge in [0.05, 0.1) is 17.7 Å². The van der Waals surface area contributed by atoms with E-state index >= 15 is 0 Å². The van der Waals surface area contributed by atoms with E-state index in [1.54, 1.807) is 13.8 Å². The van der Waals surface area contributed by atoms with Crippen molar-refractivity contribution in [2.24, 2.45) is 5.16 Å². The molecule has 0 amide bonds. The van der Waals surface area contributed by atoms with Gasteiger partial charge >= 0.3 is 13.3 Å². The van der Waals surface area contributed by atoms with Gasteiger partial charge in [-0.05, 0) is 55.2 Å². The third kappa shape index (κ3) is 3.28. The molecule has 2 aliphatic heterocycles. The summed E-state index contributed by atoms with van der Waals surface area (Å²) in [4.78, 5) is 4.91. The van der Waals surface area contributed by atoms with Crippen LogP contribution in [0.2, 0.25) is 10.0 Å². The van der Waals surface area contributed by atoms with E-state index in [-0.39, 0.29) is 32.3 Å². The summed E-state index contributed by atoms with van der Waals surface area (Å²) in [6.07, 6.45) is -5.68. The van der Waals surface area contributed by atoms with Gasteiger partial charge in [-0.25, -0.2) is 4.39 Å². The van der Waals surface area contributed by atoms with Gasteiger partial charge in [0.1, 0.15) is 5.82 Å². The van der Waals surface area contributed by atoms with Gasteiger partial charge in [0.25, 0.3) is 5.60 Å². The molecule has 2 heterocycles. The maximum atomic E-state index is 14.8. The molecule has 0 radical (unpaired) electrons. The Balaban J connectivity index is 1.79. The van der Waals surface area contributed by atoms with Crippen molar-refractivity contribution < 1.29 is 32.1 Å². The number of oxime groups is 1. The van der Waals surface area contributed by atoms with Crippen LogP contribution in [-0.2, 0) is 20.7 Å². The molecule has 11 heteroatoms. The average molecular weight is 462 g/mol. The van der Waals surface area contributed by atoms with Crippen molar-refractivity contribution in [2.75, 3.05) is 0 Å². The number of hydrogen-bond donors (Lipinski definition) is 1. The first-order valence-corrected chi connectivity index (χ1v) is 9.58. The summed E-state index contributed by atoms with van der Waals surface area (Å²) in [6, 6.07) is 5.84. The normalized spacial score (nSPS) is 22.7. The molecule has 0 aliphatic carbocycles. The van der Waals surface area contributed by atoms with Crippen LogP contribution >= 0.6 is 23.2 Å². The van der Waals surface area contributed by atoms with Gasteiger partial charge in [0, 0.05) is 21.2 Å². The second kappa shape index (κ2) is 6.85. The first kappa shape index (κ1) is 21.4. The summed E-state index contributed by atoms with van der Waals surface area (Å²) in [7, 11) is -1.33.